The predicted octanol–water partition coefficient (Wildman–Crippen LogP) is 4.60. The molecule has 12 heteroatoms. The maximum atomic E-state index is 13.4. The van der Waals surface area contributed by atoms with E-state index >= 15 is 0 Å². The smallest absolute Gasteiger partial charge is 0.356 e. The molecule has 3 rings (SSSR count). The number of carboxylic acid groups (broad SMARTS) is 1. The number of carboxylic acids is 1. The molecule has 0 saturated heterocycles. The van der Waals surface area contributed by atoms with Crippen molar-refractivity contribution in [2.75, 3.05) is 12.4 Å². The number of benzene rings is 2. The van der Waals surface area contributed by atoms with Crippen molar-refractivity contribution in [1.29, 1.82) is 0 Å². The van der Waals surface area contributed by atoms with Crippen LogP contribution in [0.1, 0.15) is 66.6 Å². The van der Waals surface area contributed by atoms with Gasteiger partial charge in [-0.25, -0.2) is 22.6 Å². The number of nitrogens with zero attached hydrogens (tertiary/aromatic N) is 2. The fourth-order valence-corrected chi connectivity index (χ4v) is 5.08. The van der Waals surface area contributed by atoms with Gasteiger partial charge in [0, 0.05) is 17.3 Å². The summed E-state index contributed by atoms with van der Waals surface area (Å²) in [6.45, 7) is 8.69. The highest BCUT2D eigenvalue weighted by Gasteiger charge is 2.27. The van der Waals surface area contributed by atoms with Crippen molar-refractivity contribution >= 4 is 27.6 Å². The summed E-state index contributed by atoms with van der Waals surface area (Å²) in [5, 5.41) is 16.4. The lowest BCUT2D eigenvalue weighted by Gasteiger charge is -2.18. The van der Waals surface area contributed by atoms with E-state index in [1.165, 1.54) is 36.9 Å². The molecule has 0 spiro atoms. The second kappa shape index (κ2) is 11.7. The highest BCUT2D eigenvalue weighted by molar-refractivity contribution is 7.89. The Bertz CT molecular complexity index is 1450. The van der Waals surface area contributed by atoms with Crippen LogP contribution in [0.3, 0.4) is 0 Å². The molecule has 0 saturated carbocycles. The Balaban J connectivity index is 2.10. The van der Waals surface area contributed by atoms with Crippen LogP contribution >= 0.6 is 0 Å². The van der Waals surface area contributed by atoms with Gasteiger partial charge in [-0.1, -0.05) is 19.1 Å². The molecule has 0 aliphatic rings. The summed E-state index contributed by atoms with van der Waals surface area (Å²) in [5.41, 5.74) is 0.530. The van der Waals surface area contributed by atoms with Crippen molar-refractivity contribution in [3.63, 3.8) is 0 Å². The van der Waals surface area contributed by atoms with Crippen molar-refractivity contribution in [3.8, 4) is 17.4 Å². The fourth-order valence-electron chi connectivity index (χ4n) is 3.60. The Hall–Kier alpha value is -3.90. The molecule has 3 aromatic rings. The van der Waals surface area contributed by atoms with E-state index in [4.69, 9.17) is 9.47 Å². The molecule has 0 fully saturated rings. The Morgan fingerprint density at radius 3 is 2.39 bits per heavy atom. The molecule has 1 heterocycles. The zero-order chi connectivity index (χ0) is 28.2. The van der Waals surface area contributed by atoms with E-state index in [0.29, 0.717) is 12.2 Å². The van der Waals surface area contributed by atoms with Gasteiger partial charge in [0.25, 0.3) is 5.91 Å². The largest absolute Gasteiger partial charge is 0.496 e. The van der Waals surface area contributed by atoms with Crippen LogP contribution in [-0.2, 0) is 10.0 Å². The third kappa shape index (κ3) is 6.14. The van der Waals surface area contributed by atoms with Gasteiger partial charge in [0.05, 0.1) is 18.7 Å². The van der Waals surface area contributed by atoms with E-state index < -0.39 is 21.9 Å². The van der Waals surface area contributed by atoms with E-state index in [9.17, 15) is 23.1 Å². The number of hydrogen-bond acceptors (Lipinski definition) is 7. The first-order valence-corrected chi connectivity index (χ1v) is 13.5. The molecule has 0 aliphatic carbocycles. The van der Waals surface area contributed by atoms with Crippen LogP contribution in [0.2, 0.25) is 0 Å². The molecule has 1 atom stereocenters. The fraction of sp³-hybridized carbons (Fsp3) is 0.346. The normalized spacial score (nSPS) is 12.3. The van der Waals surface area contributed by atoms with E-state index in [1.54, 1.807) is 45.0 Å². The van der Waals surface area contributed by atoms with Gasteiger partial charge in [0.15, 0.2) is 5.69 Å². The van der Waals surface area contributed by atoms with Gasteiger partial charge in [-0.05, 0) is 64.4 Å². The number of aromatic nitrogens is 2. The second-order valence-corrected chi connectivity index (χ2v) is 10.7. The number of hydrogen-bond donors (Lipinski definition) is 3. The van der Waals surface area contributed by atoms with Gasteiger partial charge < -0.3 is 19.9 Å². The average molecular weight is 545 g/mol. The molecule has 3 N–H and O–H groups in total. The molecule has 38 heavy (non-hydrogen) atoms. The number of anilines is 1. The molecule has 1 aromatic heterocycles. The molecule has 2 aromatic carbocycles. The average Bonchev–Trinajstić information content (AvgIpc) is 3.20. The van der Waals surface area contributed by atoms with Crippen molar-refractivity contribution in [1.82, 2.24) is 14.5 Å². The Morgan fingerprint density at radius 1 is 1.11 bits per heavy atom. The number of ether oxygens (including phenoxy) is 2. The topological polar surface area (TPSA) is 149 Å². The monoisotopic (exact) mass is 544 g/mol. The van der Waals surface area contributed by atoms with Crippen LogP contribution in [0.15, 0.2) is 47.4 Å². The van der Waals surface area contributed by atoms with Gasteiger partial charge in [-0.2, -0.15) is 5.10 Å². The Labute approximate surface area is 221 Å². The molecular weight excluding hydrogens is 512 g/mol. The minimum Gasteiger partial charge on any atom is -0.496 e. The van der Waals surface area contributed by atoms with Gasteiger partial charge in [-0.3, -0.25) is 4.79 Å². The number of amides is 1. The first kappa shape index (κ1) is 28.7. The third-order valence-corrected chi connectivity index (χ3v) is 7.41. The second-order valence-electron chi connectivity index (χ2n) is 8.97. The predicted molar refractivity (Wildman–Crippen MR) is 142 cm³/mol. The van der Waals surface area contributed by atoms with Crippen LogP contribution in [0.5, 0.6) is 17.4 Å². The molecular formula is C26H32N4O7S. The van der Waals surface area contributed by atoms with Crippen LogP contribution in [0, 0.1) is 6.92 Å². The summed E-state index contributed by atoms with van der Waals surface area (Å²) >= 11 is 0. The Morgan fingerprint density at radius 2 is 1.79 bits per heavy atom. The van der Waals surface area contributed by atoms with E-state index in [1.807, 2.05) is 6.92 Å². The SMILES string of the molecule is CCC(C)NS(=O)(=O)c1cc(NC(=O)c2ccccc2OC)ccc1Oc1c(C)c(C(=O)O)nn1C(C)C. The van der Waals surface area contributed by atoms with Crippen molar-refractivity contribution in [2.24, 2.45) is 0 Å². The van der Waals surface area contributed by atoms with Gasteiger partial charge in [0.2, 0.25) is 15.9 Å². The highest BCUT2D eigenvalue weighted by Crippen LogP contribution is 2.35. The first-order valence-electron chi connectivity index (χ1n) is 12.0. The Kier molecular flexibility index (Phi) is 8.79. The molecule has 0 radical (unpaired) electrons. The van der Waals surface area contributed by atoms with Gasteiger partial charge >= 0.3 is 5.97 Å². The van der Waals surface area contributed by atoms with E-state index in [0.717, 1.165) is 0 Å². The maximum absolute atomic E-state index is 13.4. The lowest BCUT2D eigenvalue weighted by Crippen LogP contribution is -2.32. The first-order chi connectivity index (χ1) is 17.9. The summed E-state index contributed by atoms with van der Waals surface area (Å²) in [7, 11) is -2.66. The van der Waals surface area contributed by atoms with Crippen LogP contribution < -0.4 is 19.5 Å². The van der Waals surface area contributed by atoms with Crippen LogP contribution in [0.4, 0.5) is 5.69 Å². The molecule has 11 nitrogen and oxygen atoms in total. The number of rotatable bonds is 11. The lowest BCUT2D eigenvalue weighted by atomic mass is 10.2. The van der Waals surface area contributed by atoms with Gasteiger partial charge in [0.1, 0.15) is 16.4 Å². The lowest BCUT2D eigenvalue weighted by molar-refractivity contribution is 0.0688. The van der Waals surface area contributed by atoms with Gasteiger partial charge in [-0.15, -0.1) is 0 Å². The number of sulfonamides is 1. The number of carbonyl (C=O) groups is 2. The zero-order valence-corrected chi connectivity index (χ0v) is 22.9. The summed E-state index contributed by atoms with van der Waals surface area (Å²) in [6, 6.07) is 10.2. The third-order valence-electron chi connectivity index (χ3n) is 5.80. The number of carbonyl (C=O) groups excluding carboxylic acids is 1. The summed E-state index contributed by atoms with van der Waals surface area (Å²) in [5.74, 6) is -1.31. The highest BCUT2D eigenvalue weighted by atomic mass is 32.2. The maximum Gasteiger partial charge on any atom is 0.356 e. The number of aromatic carboxylic acids is 1. The molecule has 0 bridgehead atoms. The summed E-state index contributed by atoms with van der Waals surface area (Å²) in [4.78, 5) is 24.4. The van der Waals surface area contributed by atoms with Crippen molar-refractivity contribution in [2.45, 2.75) is 58.0 Å². The van der Waals surface area contributed by atoms with Crippen molar-refractivity contribution < 1.29 is 32.6 Å². The van der Waals surface area contributed by atoms with Crippen LogP contribution in [-0.4, -0.2) is 48.3 Å². The number of para-hydroxylation sites is 1. The standard InChI is InChI=1S/C26H32N4O7S/c1-7-16(4)29-38(34,35)22-14-18(27-24(31)19-10-8-9-11-20(19)36-6)12-13-21(22)37-25-17(5)23(26(32)33)28-30(25)15(2)3/h8-16,29H,7H2,1-6H3,(H,27,31)(H,32,33). The molecule has 1 unspecified atom stereocenters. The molecule has 1 amide bonds. The summed E-state index contributed by atoms with van der Waals surface area (Å²) in [6.07, 6.45) is 0.543. The van der Waals surface area contributed by atoms with E-state index in [2.05, 4.69) is 15.1 Å². The van der Waals surface area contributed by atoms with E-state index in [-0.39, 0.29) is 51.1 Å². The van der Waals surface area contributed by atoms with Crippen LogP contribution in [0.25, 0.3) is 0 Å². The minimum absolute atomic E-state index is 0.0575. The number of nitrogens with one attached hydrogen (secondary N) is 2. The summed E-state index contributed by atoms with van der Waals surface area (Å²) < 4.78 is 42.1. The zero-order valence-electron chi connectivity index (χ0n) is 22.1. The number of methoxy groups -OCH3 is 1. The quantitative estimate of drug-likeness (QED) is 0.317. The molecule has 204 valence electrons. The van der Waals surface area contributed by atoms with Crippen molar-refractivity contribution in [3.05, 3.63) is 59.3 Å². The minimum atomic E-state index is -4.11. The molecule has 0 aliphatic heterocycles.